The minimum Gasteiger partial charge on any atom is -0.465 e. The Morgan fingerprint density at radius 1 is 1.21 bits per heavy atom. The SMILES string of the molecule is O=C(O)N1CC[C@@H](CN2C(=O)S/C(=C\c3ccc4c(cnn4Cc4ccc(Cl)cc4C(F)(F)F)c3)C2=O)C1. The number of amides is 3. The quantitative estimate of drug-likeness (QED) is 0.394. The van der Waals surface area contributed by atoms with Crippen LogP contribution in [0.5, 0.6) is 0 Å². The Morgan fingerprint density at radius 3 is 2.71 bits per heavy atom. The van der Waals surface area contributed by atoms with Crippen LogP contribution in [0.4, 0.5) is 22.8 Å². The standard InChI is InChI=1S/C25H20ClF3N4O4S/c26-18-3-2-16(19(9-18)25(27,28)29)13-33-20-4-1-14(7-17(20)10-30-33)8-21-22(34)32(24(37)38-21)12-15-5-6-31(11-15)23(35)36/h1-4,7-10,15H,5-6,11-13H2,(H,35,36)/b21-8-/t15-/m1/s1. The number of fused-ring (bicyclic) bond motifs is 1. The molecule has 8 nitrogen and oxygen atoms in total. The molecule has 1 aromatic heterocycles. The first-order chi connectivity index (χ1) is 18.0. The van der Waals surface area contributed by atoms with Crippen molar-refractivity contribution in [2.75, 3.05) is 19.6 Å². The number of carbonyl (C=O) groups excluding carboxylic acids is 2. The van der Waals surface area contributed by atoms with Crippen LogP contribution >= 0.6 is 23.4 Å². The molecule has 2 aromatic carbocycles. The van der Waals surface area contributed by atoms with Crippen LogP contribution in [-0.2, 0) is 17.5 Å². The van der Waals surface area contributed by atoms with Crippen molar-refractivity contribution in [3.05, 3.63) is 69.2 Å². The molecule has 2 fully saturated rings. The van der Waals surface area contributed by atoms with E-state index in [2.05, 4.69) is 5.10 Å². The first-order valence-electron chi connectivity index (χ1n) is 11.5. The summed E-state index contributed by atoms with van der Waals surface area (Å²) in [4.78, 5) is 39.2. The normalized spacial score (nSPS) is 19.4. The molecule has 2 aliphatic rings. The highest BCUT2D eigenvalue weighted by Gasteiger charge is 2.38. The lowest BCUT2D eigenvalue weighted by molar-refractivity contribution is -0.138. The van der Waals surface area contributed by atoms with E-state index < -0.39 is 29.0 Å². The zero-order valence-corrected chi connectivity index (χ0v) is 21.2. The molecule has 3 amide bonds. The predicted molar refractivity (Wildman–Crippen MR) is 136 cm³/mol. The van der Waals surface area contributed by atoms with Crippen molar-refractivity contribution in [2.45, 2.75) is 19.1 Å². The highest BCUT2D eigenvalue weighted by atomic mass is 35.5. The fourth-order valence-electron chi connectivity index (χ4n) is 4.66. The van der Waals surface area contributed by atoms with Crippen LogP contribution < -0.4 is 0 Å². The van der Waals surface area contributed by atoms with Gasteiger partial charge in [-0.25, -0.2) is 4.79 Å². The molecule has 0 spiro atoms. The van der Waals surface area contributed by atoms with Gasteiger partial charge in [0.05, 0.1) is 28.7 Å². The minimum atomic E-state index is -4.56. The van der Waals surface area contributed by atoms with Crippen molar-refractivity contribution in [1.29, 1.82) is 0 Å². The van der Waals surface area contributed by atoms with Gasteiger partial charge in [-0.1, -0.05) is 23.7 Å². The van der Waals surface area contributed by atoms with Gasteiger partial charge in [-0.3, -0.25) is 19.2 Å². The zero-order chi connectivity index (χ0) is 27.2. The molecule has 0 aliphatic carbocycles. The number of nitrogens with zero attached hydrogens (tertiary/aromatic N) is 4. The van der Waals surface area contributed by atoms with Crippen molar-refractivity contribution in [3.8, 4) is 0 Å². The van der Waals surface area contributed by atoms with Gasteiger partial charge in [0.1, 0.15) is 0 Å². The fourth-order valence-corrected chi connectivity index (χ4v) is 5.68. The van der Waals surface area contributed by atoms with Gasteiger partial charge in [-0.2, -0.15) is 18.3 Å². The van der Waals surface area contributed by atoms with Gasteiger partial charge in [0, 0.05) is 30.0 Å². The third kappa shape index (κ3) is 5.23. The van der Waals surface area contributed by atoms with E-state index in [0.717, 1.165) is 22.7 Å². The molecular weight excluding hydrogens is 545 g/mol. The number of alkyl halides is 3. The average Bonchev–Trinajstić information content (AvgIpc) is 3.55. The number of benzene rings is 2. The summed E-state index contributed by atoms with van der Waals surface area (Å²) in [5, 5.41) is 13.6. The summed E-state index contributed by atoms with van der Waals surface area (Å²) in [7, 11) is 0. The van der Waals surface area contributed by atoms with E-state index in [-0.39, 0.29) is 41.0 Å². The van der Waals surface area contributed by atoms with Crippen LogP contribution in [0.3, 0.4) is 0 Å². The van der Waals surface area contributed by atoms with E-state index in [9.17, 15) is 27.6 Å². The molecule has 0 saturated carbocycles. The number of halogens is 4. The van der Waals surface area contributed by atoms with E-state index in [1.165, 1.54) is 27.9 Å². The molecule has 1 atom stereocenters. The Bertz CT molecular complexity index is 1490. The highest BCUT2D eigenvalue weighted by molar-refractivity contribution is 8.18. The molecule has 0 bridgehead atoms. The number of carboxylic acid groups (broad SMARTS) is 1. The zero-order valence-electron chi connectivity index (χ0n) is 19.6. The van der Waals surface area contributed by atoms with Gasteiger partial charge >= 0.3 is 12.3 Å². The topological polar surface area (TPSA) is 95.7 Å². The van der Waals surface area contributed by atoms with Crippen molar-refractivity contribution in [1.82, 2.24) is 19.6 Å². The Kier molecular flexibility index (Phi) is 6.86. The Balaban J connectivity index is 1.33. The van der Waals surface area contributed by atoms with Gasteiger partial charge in [-0.05, 0) is 65.6 Å². The van der Waals surface area contributed by atoms with E-state index in [1.54, 1.807) is 24.3 Å². The first kappa shape index (κ1) is 26.1. The molecule has 3 heterocycles. The smallest absolute Gasteiger partial charge is 0.416 e. The van der Waals surface area contributed by atoms with Crippen molar-refractivity contribution in [3.63, 3.8) is 0 Å². The molecule has 38 heavy (non-hydrogen) atoms. The summed E-state index contributed by atoms with van der Waals surface area (Å²) < 4.78 is 41.9. The largest absolute Gasteiger partial charge is 0.465 e. The lowest BCUT2D eigenvalue weighted by atomic mass is 10.1. The fraction of sp³-hybridized carbons (Fsp3) is 0.280. The molecule has 3 aromatic rings. The van der Waals surface area contributed by atoms with Crippen LogP contribution in [0.2, 0.25) is 5.02 Å². The predicted octanol–water partition coefficient (Wildman–Crippen LogP) is 5.79. The Labute approximate surface area is 223 Å². The molecular formula is C25H20ClF3N4O4S. The molecule has 2 aliphatic heterocycles. The number of imide groups is 1. The average molecular weight is 565 g/mol. The minimum absolute atomic E-state index is 0.00840. The number of hydrogen-bond acceptors (Lipinski definition) is 5. The maximum atomic E-state index is 13.5. The number of rotatable bonds is 5. The molecule has 5 rings (SSSR count). The van der Waals surface area contributed by atoms with E-state index in [4.69, 9.17) is 16.7 Å². The summed E-state index contributed by atoms with van der Waals surface area (Å²) in [5.74, 6) is -0.549. The Hall–Kier alpha value is -3.51. The third-order valence-corrected chi connectivity index (χ3v) is 7.67. The van der Waals surface area contributed by atoms with Gasteiger partial charge in [0.25, 0.3) is 11.1 Å². The van der Waals surface area contributed by atoms with Gasteiger partial charge in [-0.15, -0.1) is 0 Å². The summed E-state index contributed by atoms with van der Waals surface area (Å²) in [5.41, 5.74) is 0.429. The van der Waals surface area contributed by atoms with E-state index in [0.29, 0.717) is 29.4 Å². The van der Waals surface area contributed by atoms with E-state index in [1.807, 2.05) is 0 Å². The summed E-state index contributed by atoms with van der Waals surface area (Å²) in [6.07, 6.45) is -1.90. The van der Waals surface area contributed by atoms with Gasteiger partial charge in [0.2, 0.25) is 0 Å². The lowest BCUT2D eigenvalue weighted by Crippen LogP contribution is -2.35. The maximum absolute atomic E-state index is 13.5. The number of likely N-dealkylation sites (tertiary alicyclic amines) is 1. The van der Waals surface area contributed by atoms with Gasteiger partial charge < -0.3 is 10.0 Å². The first-order valence-corrected chi connectivity index (χ1v) is 12.7. The summed E-state index contributed by atoms with van der Waals surface area (Å²) in [6.45, 7) is 0.683. The Morgan fingerprint density at radius 2 is 2.00 bits per heavy atom. The maximum Gasteiger partial charge on any atom is 0.416 e. The molecule has 1 N–H and O–H groups in total. The van der Waals surface area contributed by atoms with Crippen molar-refractivity contribution in [2.24, 2.45) is 5.92 Å². The van der Waals surface area contributed by atoms with Gasteiger partial charge in [0.15, 0.2) is 0 Å². The molecule has 13 heteroatoms. The highest BCUT2D eigenvalue weighted by Crippen LogP contribution is 2.36. The van der Waals surface area contributed by atoms with Crippen molar-refractivity contribution >= 4 is 57.6 Å². The lowest BCUT2D eigenvalue weighted by Gasteiger charge is -2.17. The summed E-state index contributed by atoms with van der Waals surface area (Å²) in [6, 6.07) is 8.75. The number of thioether (sulfide) groups is 1. The summed E-state index contributed by atoms with van der Waals surface area (Å²) >= 11 is 6.59. The molecule has 198 valence electrons. The molecule has 0 unspecified atom stereocenters. The van der Waals surface area contributed by atoms with Crippen LogP contribution in [0, 0.1) is 5.92 Å². The molecule has 2 saturated heterocycles. The number of hydrogen-bond donors (Lipinski definition) is 1. The second kappa shape index (κ2) is 9.99. The number of aromatic nitrogens is 2. The molecule has 0 radical (unpaired) electrons. The number of carbonyl (C=O) groups is 3. The van der Waals surface area contributed by atoms with Crippen LogP contribution in [0.15, 0.2) is 47.5 Å². The third-order valence-electron chi connectivity index (χ3n) is 6.53. The second-order valence-electron chi connectivity index (χ2n) is 9.10. The van der Waals surface area contributed by atoms with Crippen LogP contribution in [-0.4, -0.2) is 61.6 Å². The van der Waals surface area contributed by atoms with Crippen LogP contribution in [0.1, 0.15) is 23.1 Å². The monoisotopic (exact) mass is 564 g/mol. The van der Waals surface area contributed by atoms with Crippen molar-refractivity contribution < 1.29 is 32.7 Å². The second-order valence-corrected chi connectivity index (χ2v) is 10.5. The van der Waals surface area contributed by atoms with Crippen LogP contribution in [0.25, 0.3) is 17.0 Å². The van der Waals surface area contributed by atoms with E-state index >= 15 is 0 Å².